The number of hydrogen-bond acceptors (Lipinski definition) is 3. The van der Waals surface area contributed by atoms with Gasteiger partial charge in [0.05, 0.1) is 6.20 Å². The average molecular weight is 237 g/mol. The summed E-state index contributed by atoms with van der Waals surface area (Å²) in [6, 6.07) is 0. The second kappa shape index (κ2) is 4.78. The Morgan fingerprint density at radius 2 is 2.18 bits per heavy atom. The van der Waals surface area contributed by atoms with Crippen LogP contribution in [0.25, 0.3) is 0 Å². The number of aromatic nitrogens is 2. The van der Waals surface area contributed by atoms with E-state index in [0.29, 0.717) is 6.54 Å². The summed E-state index contributed by atoms with van der Waals surface area (Å²) in [5.41, 5.74) is 8.35. The molecule has 0 aromatic carbocycles. The first-order chi connectivity index (χ1) is 8.14. The minimum atomic E-state index is -0.0205. The summed E-state index contributed by atoms with van der Waals surface area (Å²) in [5.74, 6) is 0.225. The largest absolute Gasteiger partial charge is 0.396 e. The minimum absolute atomic E-state index is 0.0205. The Bertz CT molecular complexity index is 361. The molecule has 17 heavy (non-hydrogen) atoms. The van der Waals surface area contributed by atoms with Crippen LogP contribution in [0.5, 0.6) is 0 Å². The van der Waals surface area contributed by atoms with E-state index in [-0.39, 0.29) is 17.9 Å². The summed E-state index contributed by atoms with van der Waals surface area (Å²) >= 11 is 0. The summed E-state index contributed by atoms with van der Waals surface area (Å²) in [4.78, 5) is 0. The van der Waals surface area contributed by atoms with Crippen LogP contribution in [0.1, 0.15) is 42.9 Å². The van der Waals surface area contributed by atoms with E-state index in [0.717, 1.165) is 12.8 Å². The molecule has 4 heteroatoms. The Morgan fingerprint density at radius 1 is 1.53 bits per heavy atom. The summed E-state index contributed by atoms with van der Waals surface area (Å²) in [7, 11) is 1.96. The molecule has 0 aliphatic heterocycles. The van der Waals surface area contributed by atoms with Gasteiger partial charge in [0.2, 0.25) is 0 Å². The van der Waals surface area contributed by atoms with Crippen molar-refractivity contribution in [1.29, 1.82) is 0 Å². The zero-order valence-corrected chi connectivity index (χ0v) is 10.8. The Hall–Kier alpha value is -0.870. The van der Waals surface area contributed by atoms with Gasteiger partial charge in [-0.3, -0.25) is 4.68 Å². The summed E-state index contributed by atoms with van der Waals surface area (Å²) in [5, 5.41) is 14.1. The number of aliphatic hydroxyl groups excluding tert-OH is 1. The molecule has 1 aromatic heterocycles. The van der Waals surface area contributed by atoms with E-state index in [2.05, 4.69) is 12.0 Å². The molecule has 0 unspecified atom stereocenters. The lowest BCUT2D eigenvalue weighted by atomic mass is 9.72. The normalized spacial score (nSPS) is 20.7. The molecule has 0 amide bonds. The van der Waals surface area contributed by atoms with Gasteiger partial charge in [-0.05, 0) is 25.3 Å². The number of aryl methyl sites for hydroxylation is 2. The third-order valence-corrected chi connectivity index (χ3v) is 4.40. The van der Waals surface area contributed by atoms with E-state index in [1.165, 1.54) is 24.1 Å². The average Bonchev–Trinajstić information content (AvgIpc) is 2.92. The lowest BCUT2D eigenvalue weighted by Crippen LogP contribution is -2.36. The van der Waals surface area contributed by atoms with Crippen molar-refractivity contribution in [2.24, 2.45) is 18.2 Å². The number of aliphatic hydroxyl groups is 1. The first-order valence-electron chi connectivity index (χ1n) is 6.44. The first-order valence-corrected chi connectivity index (χ1v) is 6.44. The van der Waals surface area contributed by atoms with Crippen LogP contribution in [0.15, 0.2) is 6.20 Å². The van der Waals surface area contributed by atoms with Gasteiger partial charge in [-0.1, -0.05) is 12.8 Å². The third-order valence-electron chi connectivity index (χ3n) is 4.40. The van der Waals surface area contributed by atoms with Gasteiger partial charge in [0.1, 0.15) is 0 Å². The van der Waals surface area contributed by atoms with E-state index in [9.17, 15) is 5.11 Å². The van der Waals surface area contributed by atoms with Crippen LogP contribution in [0.3, 0.4) is 0 Å². The molecule has 0 spiro atoms. The van der Waals surface area contributed by atoms with Gasteiger partial charge in [0.15, 0.2) is 0 Å². The van der Waals surface area contributed by atoms with Gasteiger partial charge >= 0.3 is 0 Å². The predicted octanol–water partition coefficient (Wildman–Crippen LogP) is 1.32. The number of nitrogens with two attached hydrogens (primary N) is 1. The van der Waals surface area contributed by atoms with Crippen molar-refractivity contribution in [2.75, 3.05) is 13.2 Å². The number of nitrogens with zero attached hydrogens (tertiary/aromatic N) is 2. The molecule has 1 saturated carbocycles. The molecular weight excluding hydrogens is 214 g/mol. The van der Waals surface area contributed by atoms with Crippen LogP contribution in [0.4, 0.5) is 0 Å². The first kappa shape index (κ1) is 12.6. The van der Waals surface area contributed by atoms with Crippen LogP contribution in [0.2, 0.25) is 0 Å². The second-order valence-corrected chi connectivity index (χ2v) is 5.35. The van der Waals surface area contributed by atoms with Crippen molar-refractivity contribution in [3.8, 4) is 0 Å². The smallest absolute Gasteiger partial charge is 0.0521 e. The van der Waals surface area contributed by atoms with Crippen molar-refractivity contribution in [3.63, 3.8) is 0 Å². The lowest BCUT2D eigenvalue weighted by Gasteiger charge is -2.36. The van der Waals surface area contributed by atoms with Crippen molar-refractivity contribution < 1.29 is 5.11 Å². The molecule has 4 nitrogen and oxygen atoms in total. The molecule has 1 fully saturated rings. The highest BCUT2D eigenvalue weighted by atomic mass is 16.3. The SMILES string of the molecule is Cc1cnn(C)c1[C@H](CN)C1(CO)CCCC1. The van der Waals surface area contributed by atoms with Crippen molar-refractivity contribution in [1.82, 2.24) is 9.78 Å². The second-order valence-electron chi connectivity index (χ2n) is 5.35. The molecule has 1 atom stereocenters. The minimum Gasteiger partial charge on any atom is -0.396 e. The number of rotatable bonds is 4. The van der Waals surface area contributed by atoms with Gasteiger partial charge in [-0.15, -0.1) is 0 Å². The standard InChI is InChI=1S/C13H23N3O/c1-10-8-15-16(2)12(10)11(7-14)13(9-17)5-3-4-6-13/h8,11,17H,3-7,9,14H2,1-2H3/t11-/m0/s1. The molecule has 1 aliphatic carbocycles. The topological polar surface area (TPSA) is 64.1 Å². The molecule has 1 aromatic rings. The molecule has 1 aliphatic rings. The van der Waals surface area contributed by atoms with Crippen molar-refractivity contribution in [3.05, 3.63) is 17.5 Å². The molecule has 1 heterocycles. The van der Waals surface area contributed by atoms with Crippen LogP contribution >= 0.6 is 0 Å². The highest BCUT2D eigenvalue weighted by molar-refractivity contribution is 5.24. The fourth-order valence-corrected chi connectivity index (χ4v) is 3.40. The fourth-order valence-electron chi connectivity index (χ4n) is 3.40. The maximum absolute atomic E-state index is 9.81. The highest BCUT2D eigenvalue weighted by Crippen LogP contribution is 2.48. The van der Waals surface area contributed by atoms with Gasteiger partial charge in [0.25, 0.3) is 0 Å². The molecule has 3 N–H and O–H groups in total. The van der Waals surface area contributed by atoms with Crippen LogP contribution in [-0.4, -0.2) is 28.0 Å². The van der Waals surface area contributed by atoms with E-state index in [1.807, 2.05) is 17.9 Å². The van der Waals surface area contributed by atoms with E-state index >= 15 is 0 Å². The molecule has 2 rings (SSSR count). The quantitative estimate of drug-likeness (QED) is 0.830. The van der Waals surface area contributed by atoms with Crippen molar-refractivity contribution >= 4 is 0 Å². The van der Waals surface area contributed by atoms with Crippen LogP contribution in [-0.2, 0) is 7.05 Å². The Kier molecular flexibility index (Phi) is 3.54. The van der Waals surface area contributed by atoms with Gasteiger partial charge in [0, 0.05) is 37.2 Å². The Morgan fingerprint density at radius 3 is 2.59 bits per heavy atom. The van der Waals surface area contributed by atoms with E-state index in [1.54, 1.807) is 0 Å². The third kappa shape index (κ3) is 2.00. The maximum Gasteiger partial charge on any atom is 0.0521 e. The van der Waals surface area contributed by atoms with Crippen molar-refractivity contribution in [2.45, 2.75) is 38.5 Å². The van der Waals surface area contributed by atoms with Gasteiger partial charge in [-0.2, -0.15) is 5.10 Å². The highest BCUT2D eigenvalue weighted by Gasteiger charge is 2.42. The van der Waals surface area contributed by atoms with Gasteiger partial charge < -0.3 is 10.8 Å². The van der Waals surface area contributed by atoms with Crippen LogP contribution < -0.4 is 5.73 Å². The Balaban J connectivity index is 2.39. The van der Waals surface area contributed by atoms with E-state index in [4.69, 9.17) is 5.73 Å². The predicted molar refractivity (Wildman–Crippen MR) is 67.7 cm³/mol. The Labute approximate surface area is 103 Å². The van der Waals surface area contributed by atoms with E-state index < -0.39 is 0 Å². The maximum atomic E-state index is 9.81. The number of hydrogen-bond donors (Lipinski definition) is 2. The zero-order valence-electron chi connectivity index (χ0n) is 10.8. The molecule has 0 bridgehead atoms. The molecule has 0 radical (unpaired) electrons. The fraction of sp³-hybridized carbons (Fsp3) is 0.769. The van der Waals surface area contributed by atoms with Gasteiger partial charge in [-0.25, -0.2) is 0 Å². The summed E-state index contributed by atoms with van der Waals surface area (Å²) in [6.45, 7) is 2.89. The summed E-state index contributed by atoms with van der Waals surface area (Å²) < 4.78 is 1.92. The monoisotopic (exact) mass is 237 g/mol. The summed E-state index contributed by atoms with van der Waals surface area (Å²) in [6.07, 6.45) is 6.45. The molecule has 96 valence electrons. The van der Waals surface area contributed by atoms with Crippen LogP contribution in [0, 0.1) is 12.3 Å². The zero-order chi connectivity index (χ0) is 12.5. The molecule has 0 saturated heterocycles. The lowest BCUT2D eigenvalue weighted by molar-refractivity contribution is 0.0993. The molecular formula is C13H23N3O.